The van der Waals surface area contributed by atoms with Crippen molar-refractivity contribution in [2.75, 3.05) is 7.05 Å². The Morgan fingerprint density at radius 3 is 2.54 bits per heavy atom. The number of benzene rings is 1. The van der Waals surface area contributed by atoms with Gasteiger partial charge in [-0.1, -0.05) is 49.2 Å². The van der Waals surface area contributed by atoms with Crippen LogP contribution in [0.15, 0.2) is 54.7 Å². The second-order valence-electron chi connectivity index (χ2n) is 6.38. The number of carbonyl (C=O) groups excluding carboxylic acids is 1. The third-order valence-electron chi connectivity index (χ3n) is 4.85. The van der Waals surface area contributed by atoms with Gasteiger partial charge in [0.1, 0.15) is 0 Å². The Morgan fingerprint density at radius 2 is 1.83 bits per heavy atom. The van der Waals surface area contributed by atoms with Gasteiger partial charge < -0.3 is 10.6 Å². The number of nitrogens with one attached hydrogen (secondary N) is 2. The van der Waals surface area contributed by atoms with Crippen molar-refractivity contribution < 1.29 is 4.79 Å². The summed E-state index contributed by atoms with van der Waals surface area (Å²) >= 11 is 0. The van der Waals surface area contributed by atoms with E-state index in [-0.39, 0.29) is 23.9 Å². The van der Waals surface area contributed by atoms with Crippen molar-refractivity contribution in [3.05, 3.63) is 66.0 Å². The topological polar surface area (TPSA) is 54.0 Å². The summed E-state index contributed by atoms with van der Waals surface area (Å²) in [7, 11) is 1.72. The van der Waals surface area contributed by atoms with E-state index < -0.39 is 0 Å². The third kappa shape index (κ3) is 3.82. The minimum absolute atomic E-state index is 0.00246. The summed E-state index contributed by atoms with van der Waals surface area (Å²) in [4.78, 5) is 16.8. The fourth-order valence-corrected chi connectivity index (χ4v) is 3.59. The van der Waals surface area contributed by atoms with Gasteiger partial charge in [-0.2, -0.15) is 0 Å². The summed E-state index contributed by atoms with van der Waals surface area (Å²) in [5.74, 6) is 0.165. The van der Waals surface area contributed by atoms with Gasteiger partial charge in [-0.3, -0.25) is 9.78 Å². The maximum absolute atomic E-state index is 12.3. The molecule has 24 heavy (non-hydrogen) atoms. The SMILES string of the molecule is CNC(=O)C1CCCCC1NC(c1ccccc1)c1ccccn1. The highest BCUT2D eigenvalue weighted by Crippen LogP contribution is 2.29. The first-order valence-electron chi connectivity index (χ1n) is 8.73. The minimum atomic E-state index is 0.00246. The zero-order chi connectivity index (χ0) is 16.8. The Hall–Kier alpha value is -2.20. The van der Waals surface area contributed by atoms with E-state index in [1.54, 1.807) is 7.05 Å². The molecule has 4 nitrogen and oxygen atoms in total. The van der Waals surface area contributed by atoms with Gasteiger partial charge >= 0.3 is 0 Å². The fraction of sp³-hybridized carbons (Fsp3) is 0.400. The zero-order valence-electron chi connectivity index (χ0n) is 14.1. The molecular weight excluding hydrogens is 298 g/mol. The fourth-order valence-electron chi connectivity index (χ4n) is 3.59. The van der Waals surface area contributed by atoms with E-state index in [1.807, 2.05) is 42.6 Å². The lowest BCUT2D eigenvalue weighted by Gasteiger charge is -2.34. The molecule has 2 aromatic rings. The van der Waals surface area contributed by atoms with Crippen LogP contribution in [0.2, 0.25) is 0 Å². The van der Waals surface area contributed by atoms with Crippen molar-refractivity contribution in [3.8, 4) is 0 Å². The number of aromatic nitrogens is 1. The number of carbonyl (C=O) groups is 1. The number of rotatable bonds is 5. The molecule has 2 N–H and O–H groups in total. The quantitative estimate of drug-likeness (QED) is 0.889. The Labute approximate surface area is 143 Å². The van der Waals surface area contributed by atoms with Gasteiger partial charge in [-0.25, -0.2) is 0 Å². The van der Waals surface area contributed by atoms with Crippen molar-refractivity contribution in [3.63, 3.8) is 0 Å². The number of pyridine rings is 1. The molecule has 0 spiro atoms. The Morgan fingerprint density at radius 1 is 1.08 bits per heavy atom. The molecule has 1 fully saturated rings. The molecule has 0 aliphatic heterocycles. The van der Waals surface area contributed by atoms with Crippen LogP contribution in [0.5, 0.6) is 0 Å². The van der Waals surface area contributed by atoms with Crippen LogP contribution in [0.1, 0.15) is 43.0 Å². The predicted octanol–water partition coefficient (Wildman–Crippen LogP) is 3.07. The van der Waals surface area contributed by atoms with Gasteiger partial charge in [0.2, 0.25) is 5.91 Å². The molecule has 1 saturated carbocycles. The van der Waals surface area contributed by atoms with Gasteiger partial charge in [0.25, 0.3) is 0 Å². The third-order valence-corrected chi connectivity index (χ3v) is 4.85. The standard InChI is InChI=1S/C20H25N3O/c1-21-20(24)16-11-5-6-12-17(16)23-19(15-9-3-2-4-10-15)18-13-7-8-14-22-18/h2-4,7-10,13-14,16-17,19,23H,5-6,11-12H2,1H3,(H,21,24). The number of amides is 1. The number of hydrogen-bond acceptors (Lipinski definition) is 3. The molecule has 3 unspecified atom stereocenters. The van der Waals surface area contributed by atoms with Crippen molar-refractivity contribution >= 4 is 5.91 Å². The molecule has 0 radical (unpaired) electrons. The maximum Gasteiger partial charge on any atom is 0.224 e. The molecule has 3 rings (SSSR count). The lowest BCUT2D eigenvalue weighted by molar-refractivity contribution is -0.126. The van der Waals surface area contributed by atoms with Crippen molar-refractivity contribution in [1.82, 2.24) is 15.6 Å². The van der Waals surface area contributed by atoms with Gasteiger partial charge in [0, 0.05) is 19.3 Å². The summed E-state index contributed by atoms with van der Waals surface area (Å²) in [6.07, 6.45) is 6.07. The van der Waals surface area contributed by atoms with Crippen molar-refractivity contribution in [1.29, 1.82) is 0 Å². The molecular formula is C20H25N3O. The van der Waals surface area contributed by atoms with Crippen molar-refractivity contribution in [2.45, 2.75) is 37.8 Å². The summed E-state index contributed by atoms with van der Waals surface area (Å²) in [6.45, 7) is 0. The van der Waals surface area contributed by atoms with Crippen LogP contribution in [0.3, 0.4) is 0 Å². The highest BCUT2D eigenvalue weighted by Gasteiger charge is 2.32. The lowest BCUT2D eigenvalue weighted by atomic mass is 9.83. The first-order valence-corrected chi connectivity index (χ1v) is 8.73. The van der Waals surface area contributed by atoms with Crippen LogP contribution < -0.4 is 10.6 Å². The average molecular weight is 323 g/mol. The van der Waals surface area contributed by atoms with Crippen LogP contribution in [-0.4, -0.2) is 24.0 Å². The van der Waals surface area contributed by atoms with Crippen molar-refractivity contribution in [2.24, 2.45) is 5.92 Å². The van der Waals surface area contributed by atoms with Crippen LogP contribution in [0.4, 0.5) is 0 Å². The predicted molar refractivity (Wildman–Crippen MR) is 95.5 cm³/mol. The largest absolute Gasteiger partial charge is 0.359 e. The minimum Gasteiger partial charge on any atom is -0.359 e. The monoisotopic (exact) mass is 323 g/mol. The maximum atomic E-state index is 12.3. The molecule has 4 heteroatoms. The van der Waals surface area contributed by atoms with Gasteiger partial charge in [0.15, 0.2) is 0 Å². The van der Waals surface area contributed by atoms with E-state index >= 15 is 0 Å². The lowest BCUT2D eigenvalue weighted by Crippen LogP contribution is -2.47. The summed E-state index contributed by atoms with van der Waals surface area (Å²) < 4.78 is 0. The second-order valence-corrected chi connectivity index (χ2v) is 6.38. The Balaban J connectivity index is 1.87. The Bertz CT molecular complexity index is 605. The molecule has 1 aromatic carbocycles. The van der Waals surface area contributed by atoms with E-state index in [4.69, 9.17) is 0 Å². The Kier molecular flexibility index (Phi) is 5.59. The van der Waals surface area contributed by atoms with Gasteiger partial charge in [-0.05, 0) is 30.5 Å². The van der Waals surface area contributed by atoms with Gasteiger partial charge in [0.05, 0.1) is 17.7 Å². The summed E-state index contributed by atoms with van der Waals surface area (Å²) in [6, 6.07) is 16.5. The summed E-state index contributed by atoms with van der Waals surface area (Å²) in [5.41, 5.74) is 2.17. The molecule has 1 aliphatic rings. The van der Waals surface area contributed by atoms with E-state index in [9.17, 15) is 4.79 Å². The molecule has 1 heterocycles. The molecule has 126 valence electrons. The van der Waals surface area contributed by atoms with Crippen LogP contribution in [-0.2, 0) is 4.79 Å². The highest BCUT2D eigenvalue weighted by molar-refractivity contribution is 5.79. The highest BCUT2D eigenvalue weighted by atomic mass is 16.1. The van der Waals surface area contributed by atoms with E-state index in [0.29, 0.717) is 0 Å². The molecule has 1 amide bonds. The van der Waals surface area contributed by atoms with Gasteiger partial charge in [-0.15, -0.1) is 0 Å². The molecule has 1 aliphatic carbocycles. The average Bonchev–Trinajstić information content (AvgIpc) is 2.67. The van der Waals surface area contributed by atoms with E-state index in [2.05, 4.69) is 27.8 Å². The van der Waals surface area contributed by atoms with E-state index in [0.717, 1.165) is 31.4 Å². The first kappa shape index (κ1) is 16.7. The normalized spacial score (nSPS) is 21.9. The van der Waals surface area contributed by atoms with E-state index in [1.165, 1.54) is 5.56 Å². The second kappa shape index (κ2) is 8.06. The summed E-state index contributed by atoms with van der Waals surface area (Å²) in [5, 5.41) is 6.55. The van der Waals surface area contributed by atoms with Crippen LogP contribution >= 0.6 is 0 Å². The molecule has 3 atom stereocenters. The van der Waals surface area contributed by atoms with Crippen LogP contribution in [0, 0.1) is 5.92 Å². The zero-order valence-corrected chi connectivity index (χ0v) is 14.1. The number of hydrogen-bond donors (Lipinski definition) is 2. The van der Waals surface area contributed by atoms with Crippen LogP contribution in [0.25, 0.3) is 0 Å². The smallest absolute Gasteiger partial charge is 0.224 e. The molecule has 0 saturated heterocycles. The molecule has 0 bridgehead atoms. The number of nitrogens with zero attached hydrogens (tertiary/aromatic N) is 1. The first-order chi connectivity index (χ1) is 11.8. The molecule has 1 aromatic heterocycles.